The van der Waals surface area contributed by atoms with Gasteiger partial charge in [0.25, 0.3) is 0 Å². The van der Waals surface area contributed by atoms with Crippen molar-refractivity contribution in [1.82, 2.24) is 9.97 Å². The van der Waals surface area contributed by atoms with E-state index in [1.165, 1.54) is 6.07 Å². The lowest BCUT2D eigenvalue weighted by atomic mass is 9.97. The lowest BCUT2D eigenvalue weighted by Crippen LogP contribution is -2.13. The van der Waals surface area contributed by atoms with Gasteiger partial charge >= 0.3 is 5.69 Å². The number of rotatable bonds is 1. The number of aromatic amines is 1. The third kappa shape index (κ3) is 2.06. The minimum Gasteiger partial charge on any atom is -0.304 e. The van der Waals surface area contributed by atoms with Crippen molar-refractivity contribution < 1.29 is 4.39 Å². The first-order valence-corrected chi connectivity index (χ1v) is 6.72. The van der Waals surface area contributed by atoms with E-state index in [9.17, 15) is 14.4 Å². The van der Waals surface area contributed by atoms with E-state index in [1.54, 1.807) is 18.2 Å². The number of hydrogen-bond donors (Lipinski definition) is 1. The van der Waals surface area contributed by atoms with Crippen molar-refractivity contribution >= 4 is 10.9 Å². The Bertz CT molecular complexity index is 999. The summed E-state index contributed by atoms with van der Waals surface area (Å²) < 4.78 is 14.1. The van der Waals surface area contributed by atoms with Gasteiger partial charge in [0.15, 0.2) is 0 Å². The SMILES string of the molecule is Cc1cc2c(-c3ccccc3F)nc(=O)[nH]c2c(C#N)c1C. The molecule has 3 aromatic rings. The van der Waals surface area contributed by atoms with Crippen LogP contribution < -0.4 is 5.69 Å². The van der Waals surface area contributed by atoms with Crippen LogP contribution in [-0.2, 0) is 0 Å². The molecule has 0 fully saturated rings. The van der Waals surface area contributed by atoms with Crippen molar-refractivity contribution in [2.24, 2.45) is 0 Å². The summed E-state index contributed by atoms with van der Waals surface area (Å²) >= 11 is 0. The maximum absolute atomic E-state index is 14.1. The van der Waals surface area contributed by atoms with Gasteiger partial charge in [0, 0.05) is 10.9 Å². The van der Waals surface area contributed by atoms with Gasteiger partial charge in [-0.15, -0.1) is 0 Å². The van der Waals surface area contributed by atoms with Crippen LogP contribution in [-0.4, -0.2) is 9.97 Å². The molecule has 0 bridgehead atoms. The first kappa shape index (κ1) is 14.0. The second-order valence-electron chi connectivity index (χ2n) is 5.10. The highest BCUT2D eigenvalue weighted by atomic mass is 19.1. The second-order valence-corrected chi connectivity index (χ2v) is 5.10. The Kier molecular flexibility index (Phi) is 3.22. The van der Waals surface area contributed by atoms with E-state index in [4.69, 9.17) is 0 Å². The summed E-state index contributed by atoms with van der Waals surface area (Å²) in [6.07, 6.45) is 0. The zero-order valence-electron chi connectivity index (χ0n) is 12.1. The molecule has 0 saturated carbocycles. The fourth-order valence-electron chi connectivity index (χ4n) is 2.53. The number of fused-ring (bicyclic) bond motifs is 1. The summed E-state index contributed by atoms with van der Waals surface area (Å²) in [5, 5.41) is 9.94. The molecule has 0 atom stereocenters. The number of H-pyrrole nitrogens is 1. The van der Waals surface area contributed by atoms with Gasteiger partial charge in [0.05, 0.1) is 16.8 Å². The number of aromatic nitrogens is 2. The molecule has 0 amide bonds. The maximum atomic E-state index is 14.1. The number of nitrogens with one attached hydrogen (secondary N) is 1. The summed E-state index contributed by atoms with van der Waals surface area (Å²) in [4.78, 5) is 18.4. The van der Waals surface area contributed by atoms with Gasteiger partial charge in [-0.25, -0.2) is 9.18 Å². The van der Waals surface area contributed by atoms with Crippen LogP contribution in [0, 0.1) is 31.0 Å². The summed E-state index contributed by atoms with van der Waals surface area (Å²) in [6.45, 7) is 3.68. The van der Waals surface area contributed by atoms with Crippen molar-refractivity contribution in [3.05, 3.63) is 63.3 Å². The van der Waals surface area contributed by atoms with Crippen molar-refractivity contribution in [2.45, 2.75) is 13.8 Å². The predicted octanol–water partition coefficient (Wildman–Crippen LogP) is 3.22. The molecule has 108 valence electrons. The maximum Gasteiger partial charge on any atom is 0.346 e. The fraction of sp³-hybridized carbons (Fsp3) is 0.118. The Labute approximate surface area is 125 Å². The van der Waals surface area contributed by atoms with E-state index in [1.807, 2.05) is 19.9 Å². The van der Waals surface area contributed by atoms with Gasteiger partial charge in [-0.2, -0.15) is 10.2 Å². The van der Waals surface area contributed by atoms with Crippen LogP contribution in [0.25, 0.3) is 22.2 Å². The Balaban J connectivity index is 2.53. The van der Waals surface area contributed by atoms with E-state index in [0.29, 0.717) is 16.5 Å². The van der Waals surface area contributed by atoms with Crippen molar-refractivity contribution in [3.8, 4) is 17.3 Å². The average Bonchev–Trinajstić information content (AvgIpc) is 2.49. The summed E-state index contributed by atoms with van der Waals surface area (Å²) in [5.74, 6) is -0.460. The van der Waals surface area contributed by atoms with Gasteiger partial charge in [-0.05, 0) is 43.2 Å². The van der Waals surface area contributed by atoms with Crippen molar-refractivity contribution in [3.63, 3.8) is 0 Å². The molecule has 1 heterocycles. The highest BCUT2D eigenvalue weighted by molar-refractivity contribution is 5.96. The molecule has 22 heavy (non-hydrogen) atoms. The first-order valence-electron chi connectivity index (χ1n) is 6.72. The molecule has 3 rings (SSSR count). The van der Waals surface area contributed by atoms with Crippen LogP contribution in [0.3, 0.4) is 0 Å². The molecule has 5 heteroatoms. The standard InChI is InChI=1S/C17H12FN3O/c1-9-7-12-15(11-5-3-4-6-14(11)18)20-17(22)21-16(12)13(8-19)10(9)2/h3-7H,1-2H3,(H,20,21,22). The highest BCUT2D eigenvalue weighted by Gasteiger charge is 2.16. The molecule has 0 saturated heterocycles. The van der Waals surface area contributed by atoms with Gasteiger partial charge in [-0.3, -0.25) is 0 Å². The Hall–Kier alpha value is -3.00. The molecule has 2 aromatic carbocycles. The van der Waals surface area contributed by atoms with E-state index in [2.05, 4.69) is 16.0 Å². The van der Waals surface area contributed by atoms with Gasteiger partial charge in [0.2, 0.25) is 0 Å². The van der Waals surface area contributed by atoms with Crippen LogP contribution in [0.2, 0.25) is 0 Å². The van der Waals surface area contributed by atoms with Gasteiger partial charge < -0.3 is 4.98 Å². The summed E-state index contributed by atoms with van der Waals surface area (Å²) in [5.41, 5.74) is 2.33. The van der Waals surface area contributed by atoms with Crippen LogP contribution >= 0.6 is 0 Å². The Morgan fingerprint density at radius 1 is 1.27 bits per heavy atom. The van der Waals surface area contributed by atoms with Crippen LogP contribution in [0.4, 0.5) is 4.39 Å². The Morgan fingerprint density at radius 3 is 2.68 bits per heavy atom. The topological polar surface area (TPSA) is 69.5 Å². The van der Waals surface area contributed by atoms with Crippen LogP contribution in [0.1, 0.15) is 16.7 Å². The summed E-state index contributed by atoms with van der Waals surface area (Å²) in [7, 11) is 0. The molecule has 0 aliphatic carbocycles. The molecule has 4 nitrogen and oxygen atoms in total. The number of hydrogen-bond acceptors (Lipinski definition) is 3. The third-order valence-electron chi connectivity index (χ3n) is 3.79. The lowest BCUT2D eigenvalue weighted by molar-refractivity contribution is 0.631. The smallest absolute Gasteiger partial charge is 0.304 e. The average molecular weight is 293 g/mol. The highest BCUT2D eigenvalue weighted by Crippen LogP contribution is 2.30. The first-order chi connectivity index (χ1) is 10.5. The zero-order valence-corrected chi connectivity index (χ0v) is 12.1. The second kappa shape index (κ2) is 5.08. The Morgan fingerprint density at radius 2 is 2.00 bits per heavy atom. The number of aryl methyl sites for hydroxylation is 1. The van der Waals surface area contributed by atoms with Gasteiger partial charge in [0.1, 0.15) is 11.9 Å². The predicted molar refractivity (Wildman–Crippen MR) is 81.9 cm³/mol. The van der Waals surface area contributed by atoms with E-state index >= 15 is 0 Å². The number of nitrogens with zero attached hydrogens (tertiary/aromatic N) is 2. The van der Waals surface area contributed by atoms with Crippen LogP contribution in [0.15, 0.2) is 35.1 Å². The molecule has 0 radical (unpaired) electrons. The zero-order chi connectivity index (χ0) is 15.9. The molecule has 0 spiro atoms. The molecular formula is C17H12FN3O. The minimum absolute atomic E-state index is 0.241. The van der Waals surface area contributed by atoms with E-state index < -0.39 is 11.5 Å². The monoisotopic (exact) mass is 293 g/mol. The minimum atomic E-state index is -0.606. The van der Waals surface area contributed by atoms with Gasteiger partial charge in [-0.1, -0.05) is 12.1 Å². The summed E-state index contributed by atoms with van der Waals surface area (Å²) in [6, 6.07) is 10.1. The van der Waals surface area contributed by atoms with Crippen molar-refractivity contribution in [2.75, 3.05) is 0 Å². The molecule has 1 N–H and O–H groups in total. The molecular weight excluding hydrogens is 281 g/mol. The third-order valence-corrected chi connectivity index (χ3v) is 3.79. The molecule has 0 unspecified atom stereocenters. The normalized spacial score (nSPS) is 10.6. The number of halogens is 1. The van der Waals surface area contributed by atoms with E-state index in [0.717, 1.165) is 11.1 Å². The van der Waals surface area contributed by atoms with Crippen molar-refractivity contribution in [1.29, 1.82) is 5.26 Å². The molecule has 1 aromatic heterocycles. The lowest BCUT2D eigenvalue weighted by Gasteiger charge is -2.11. The quantitative estimate of drug-likeness (QED) is 0.749. The largest absolute Gasteiger partial charge is 0.346 e. The number of benzene rings is 2. The molecule has 0 aliphatic rings. The van der Waals surface area contributed by atoms with Crippen LogP contribution in [0.5, 0.6) is 0 Å². The van der Waals surface area contributed by atoms with E-state index in [-0.39, 0.29) is 11.3 Å². The number of nitriles is 1. The fourth-order valence-corrected chi connectivity index (χ4v) is 2.53. The molecule has 0 aliphatic heterocycles.